The molecule has 0 radical (unpaired) electrons. The van der Waals surface area contributed by atoms with Gasteiger partial charge in [-0.3, -0.25) is 4.79 Å². The van der Waals surface area contributed by atoms with Gasteiger partial charge in [-0.25, -0.2) is 4.39 Å². The summed E-state index contributed by atoms with van der Waals surface area (Å²) in [5, 5.41) is 2.71. The van der Waals surface area contributed by atoms with Crippen LogP contribution in [0.15, 0.2) is 36.4 Å². The van der Waals surface area contributed by atoms with Gasteiger partial charge in [0.15, 0.2) is 6.10 Å². The Labute approximate surface area is 130 Å². The molecule has 2 aromatic rings. The van der Waals surface area contributed by atoms with Crippen LogP contribution < -0.4 is 10.1 Å². The largest absolute Gasteiger partial charge is 0.481 e. The zero-order chi connectivity index (χ0) is 16.3. The predicted molar refractivity (Wildman–Crippen MR) is 85.8 cm³/mol. The van der Waals surface area contributed by atoms with Crippen molar-refractivity contribution < 1.29 is 13.9 Å². The van der Waals surface area contributed by atoms with Crippen molar-refractivity contribution in [2.75, 3.05) is 5.32 Å². The number of hydrogen-bond acceptors (Lipinski definition) is 2. The van der Waals surface area contributed by atoms with Crippen molar-refractivity contribution in [2.24, 2.45) is 0 Å². The molecule has 0 heterocycles. The van der Waals surface area contributed by atoms with Crippen molar-refractivity contribution in [2.45, 2.75) is 33.8 Å². The minimum atomic E-state index is -0.648. The second-order valence-electron chi connectivity index (χ2n) is 5.46. The second-order valence-corrected chi connectivity index (χ2v) is 5.46. The molecule has 0 aromatic heterocycles. The van der Waals surface area contributed by atoms with Gasteiger partial charge in [-0.1, -0.05) is 6.07 Å². The summed E-state index contributed by atoms with van der Waals surface area (Å²) >= 11 is 0. The van der Waals surface area contributed by atoms with Crippen molar-refractivity contribution >= 4 is 11.6 Å². The molecule has 0 saturated carbocycles. The molecule has 3 nitrogen and oxygen atoms in total. The summed E-state index contributed by atoms with van der Waals surface area (Å²) in [6.45, 7) is 7.66. The average molecular weight is 301 g/mol. The van der Waals surface area contributed by atoms with Crippen molar-refractivity contribution in [3.8, 4) is 5.75 Å². The van der Waals surface area contributed by atoms with Crippen LogP contribution in [-0.2, 0) is 4.79 Å². The fourth-order valence-electron chi connectivity index (χ4n) is 2.14. The number of aryl methyl sites for hydroxylation is 2. The van der Waals surface area contributed by atoms with E-state index in [1.807, 2.05) is 26.8 Å². The quantitative estimate of drug-likeness (QED) is 0.921. The Morgan fingerprint density at radius 1 is 1.14 bits per heavy atom. The molecule has 2 rings (SSSR count). The Morgan fingerprint density at radius 2 is 1.77 bits per heavy atom. The zero-order valence-corrected chi connectivity index (χ0v) is 13.2. The number of halogens is 1. The Hall–Kier alpha value is -2.36. The number of carbonyl (C=O) groups excluding carboxylic acids is 1. The molecule has 0 aliphatic heterocycles. The van der Waals surface area contributed by atoms with E-state index < -0.39 is 6.10 Å². The summed E-state index contributed by atoms with van der Waals surface area (Å²) in [7, 11) is 0. The summed E-state index contributed by atoms with van der Waals surface area (Å²) in [5.41, 5.74) is 3.77. The molecule has 1 atom stereocenters. The van der Waals surface area contributed by atoms with E-state index in [9.17, 15) is 9.18 Å². The highest BCUT2D eigenvalue weighted by atomic mass is 19.1. The lowest BCUT2D eigenvalue weighted by Crippen LogP contribution is -2.30. The number of anilines is 1. The van der Waals surface area contributed by atoms with Crippen LogP contribution in [0.4, 0.5) is 10.1 Å². The van der Waals surface area contributed by atoms with Crippen LogP contribution in [-0.4, -0.2) is 12.0 Å². The molecule has 0 saturated heterocycles. The molecule has 116 valence electrons. The second kappa shape index (κ2) is 6.60. The van der Waals surface area contributed by atoms with Gasteiger partial charge >= 0.3 is 0 Å². The van der Waals surface area contributed by atoms with Crippen LogP contribution in [0.25, 0.3) is 0 Å². The van der Waals surface area contributed by atoms with Crippen LogP contribution >= 0.6 is 0 Å². The number of nitrogens with one attached hydrogen (secondary N) is 1. The minimum Gasteiger partial charge on any atom is -0.481 e. The molecule has 0 fully saturated rings. The smallest absolute Gasteiger partial charge is 0.265 e. The number of carbonyl (C=O) groups is 1. The van der Waals surface area contributed by atoms with Gasteiger partial charge in [-0.15, -0.1) is 0 Å². The summed E-state index contributed by atoms with van der Waals surface area (Å²) in [6.07, 6.45) is -0.648. The molecule has 0 aliphatic carbocycles. The summed E-state index contributed by atoms with van der Waals surface area (Å²) < 4.78 is 18.6. The zero-order valence-electron chi connectivity index (χ0n) is 13.2. The number of rotatable bonds is 4. The minimum absolute atomic E-state index is 0.273. The van der Waals surface area contributed by atoms with E-state index in [-0.39, 0.29) is 11.7 Å². The maximum Gasteiger partial charge on any atom is 0.265 e. The lowest BCUT2D eigenvalue weighted by molar-refractivity contribution is -0.122. The van der Waals surface area contributed by atoms with Gasteiger partial charge in [0.05, 0.1) is 0 Å². The van der Waals surface area contributed by atoms with Crippen molar-refractivity contribution in [3.05, 3.63) is 58.9 Å². The number of benzene rings is 2. The van der Waals surface area contributed by atoms with Gasteiger partial charge in [-0.05, 0) is 74.7 Å². The highest BCUT2D eigenvalue weighted by molar-refractivity contribution is 5.94. The van der Waals surface area contributed by atoms with Crippen molar-refractivity contribution in [1.29, 1.82) is 0 Å². The van der Waals surface area contributed by atoms with E-state index in [4.69, 9.17) is 4.74 Å². The first-order chi connectivity index (χ1) is 10.4. The SMILES string of the molecule is Cc1cc(C)c(C)c(O[C@H](C)C(=O)Nc2ccc(F)cc2)c1. The van der Waals surface area contributed by atoms with Crippen LogP contribution in [0.2, 0.25) is 0 Å². The number of hydrogen-bond donors (Lipinski definition) is 1. The molecule has 0 spiro atoms. The van der Waals surface area contributed by atoms with Gasteiger partial charge in [0.2, 0.25) is 0 Å². The fraction of sp³-hybridized carbons (Fsp3) is 0.278. The van der Waals surface area contributed by atoms with E-state index in [2.05, 4.69) is 11.4 Å². The molecule has 0 unspecified atom stereocenters. The monoisotopic (exact) mass is 301 g/mol. The average Bonchev–Trinajstić information content (AvgIpc) is 2.46. The summed E-state index contributed by atoms with van der Waals surface area (Å²) in [5.74, 6) is 0.0950. The van der Waals surface area contributed by atoms with E-state index >= 15 is 0 Å². The molecular formula is C18H20FNO2. The van der Waals surface area contributed by atoms with Crippen LogP contribution in [0.1, 0.15) is 23.6 Å². The molecule has 0 bridgehead atoms. The van der Waals surface area contributed by atoms with Gasteiger partial charge < -0.3 is 10.1 Å². The first kappa shape index (κ1) is 16.0. The standard InChI is InChI=1S/C18H20FNO2/c1-11-9-12(2)13(3)17(10-11)22-14(4)18(21)20-16-7-5-15(19)6-8-16/h5-10,14H,1-4H3,(H,20,21)/t14-/m1/s1. The Bertz CT molecular complexity index is 680. The van der Waals surface area contributed by atoms with Crippen LogP contribution in [0, 0.1) is 26.6 Å². The topological polar surface area (TPSA) is 38.3 Å². The summed E-state index contributed by atoms with van der Waals surface area (Å²) in [6, 6.07) is 9.63. The van der Waals surface area contributed by atoms with E-state index in [1.54, 1.807) is 6.92 Å². The highest BCUT2D eigenvalue weighted by Gasteiger charge is 2.16. The van der Waals surface area contributed by atoms with E-state index in [1.165, 1.54) is 24.3 Å². The third-order valence-corrected chi connectivity index (χ3v) is 3.55. The maximum absolute atomic E-state index is 12.9. The lowest BCUT2D eigenvalue weighted by atomic mass is 10.1. The molecule has 0 aliphatic rings. The first-order valence-electron chi connectivity index (χ1n) is 7.18. The van der Waals surface area contributed by atoms with E-state index in [0.29, 0.717) is 11.4 Å². The molecule has 1 amide bonds. The van der Waals surface area contributed by atoms with Crippen molar-refractivity contribution in [3.63, 3.8) is 0 Å². The highest BCUT2D eigenvalue weighted by Crippen LogP contribution is 2.24. The fourth-order valence-corrected chi connectivity index (χ4v) is 2.14. The Morgan fingerprint density at radius 3 is 2.41 bits per heavy atom. The van der Waals surface area contributed by atoms with Gasteiger partial charge in [0.25, 0.3) is 5.91 Å². The number of ether oxygens (including phenoxy) is 1. The molecule has 4 heteroatoms. The third kappa shape index (κ3) is 3.85. The van der Waals surface area contributed by atoms with Crippen LogP contribution in [0.5, 0.6) is 5.75 Å². The molecule has 22 heavy (non-hydrogen) atoms. The first-order valence-corrected chi connectivity index (χ1v) is 7.18. The van der Waals surface area contributed by atoms with Gasteiger partial charge in [-0.2, -0.15) is 0 Å². The Balaban J connectivity index is 2.07. The molecule has 1 N–H and O–H groups in total. The number of amides is 1. The van der Waals surface area contributed by atoms with Gasteiger partial charge in [0.1, 0.15) is 11.6 Å². The lowest BCUT2D eigenvalue weighted by Gasteiger charge is -2.18. The summed E-state index contributed by atoms with van der Waals surface area (Å²) in [4.78, 5) is 12.2. The Kier molecular flexibility index (Phi) is 4.81. The normalized spacial score (nSPS) is 11.9. The molecular weight excluding hydrogens is 281 g/mol. The van der Waals surface area contributed by atoms with Crippen molar-refractivity contribution in [1.82, 2.24) is 0 Å². The maximum atomic E-state index is 12.9. The third-order valence-electron chi connectivity index (χ3n) is 3.55. The molecule has 2 aromatic carbocycles. The predicted octanol–water partition coefficient (Wildman–Crippen LogP) is 4.16. The van der Waals surface area contributed by atoms with Crippen LogP contribution in [0.3, 0.4) is 0 Å². The van der Waals surface area contributed by atoms with E-state index in [0.717, 1.165) is 16.7 Å². The van der Waals surface area contributed by atoms with Gasteiger partial charge in [0, 0.05) is 5.69 Å².